The van der Waals surface area contributed by atoms with E-state index >= 15 is 0 Å². The molecule has 25 heavy (non-hydrogen) atoms. The molecule has 0 aromatic heterocycles. The summed E-state index contributed by atoms with van der Waals surface area (Å²) in [5.74, 6) is 0. The van der Waals surface area contributed by atoms with Crippen molar-refractivity contribution in [2.24, 2.45) is 0 Å². The van der Waals surface area contributed by atoms with Gasteiger partial charge in [-0.2, -0.15) is 0 Å². The third-order valence-corrected chi connectivity index (χ3v) is 11.1. The summed E-state index contributed by atoms with van der Waals surface area (Å²) in [5.41, 5.74) is 0. The van der Waals surface area contributed by atoms with Crippen molar-refractivity contribution < 1.29 is 0 Å². The molecule has 0 unspecified atom stereocenters. The quantitative estimate of drug-likeness (QED) is 0.199. The second-order valence-corrected chi connectivity index (χ2v) is 15.2. The second kappa shape index (κ2) is 11.8. The highest BCUT2D eigenvalue weighted by molar-refractivity contribution is 6.68. The van der Waals surface area contributed by atoms with Gasteiger partial charge in [-0.15, -0.1) is 0 Å². The molecule has 1 radical (unpaired) electrons. The molecule has 151 valence electrons. The first-order valence-electron chi connectivity index (χ1n) is 11.4. The van der Waals surface area contributed by atoms with E-state index in [1.807, 2.05) is 0 Å². The molecule has 0 aliphatic rings. The van der Waals surface area contributed by atoms with Crippen LogP contribution in [0.1, 0.15) is 139 Å². The fourth-order valence-electron chi connectivity index (χ4n) is 5.57. The van der Waals surface area contributed by atoms with Gasteiger partial charge in [0.1, 0.15) is 0 Å². The summed E-state index contributed by atoms with van der Waals surface area (Å²) < 4.78 is 0. The summed E-state index contributed by atoms with van der Waals surface area (Å²) in [5, 5.41) is 1.60. The Morgan fingerprint density at radius 1 is 0.440 bits per heavy atom. The van der Waals surface area contributed by atoms with Gasteiger partial charge in [0.25, 0.3) is 0 Å². The predicted molar refractivity (Wildman–Crippen MR) is 120 cm³/mol. The van der Waals surface area contributed by atoms with E-state index < -0.39 is 8.80 Å². The summed E-state index contributed by atoms with van der Waals surface area (Å²) >= 11 is 0. The van der Waals surface area contributed by atoms with Crippen LogP contribution in [0.25, 0.3) is 0 Å². The highest BCUT2D eigenvalue weighted by atomic mass is 28.3. The number of hydrogen-bond acceptors (Lipinski definition) is 0. The lowest BCUT2D eigenvalue weighted by atomic mass is 10.0. The van der Waals surface area contributed by atoms with Crippen LogP contribution in [0.5, 0.6) is 0 Å². The van der Waals surface area contributed by atoms with E-state index in [-0.39, 0.29) is 0 Å². The largest absolute Gasteiger partial charge is 0.0661 e. The van der Waals surface area contributed by atoms with Gasteiger partial charge in [-0.3, -0.25) is 0 Å². The average Bonchev–Trinajstić information content (AvgIpc) is 2.46. The van der Waals surface area contributed by atoms with Crippen molar-refractivity contribution in [2.75, 3.05) is 0 Å². The van der Waals surface area contributed by atoms with E-state index in [1.165, 1.54) is 77.0 Å². The molecule has 0 spiro atoms. The summed E-state index contributed by atoms with van der Waals surface area (Å²) in [4.78, 5) is 0. The van der Waals surface area contributed by atoms with Crippen LogP contribution in [0.3, 0.4) is 0 Å². The van der Waals surface area contributed by atoms with Gasteiger partial charge >= 0.3 is 0 Å². The van der Waals surface area contributed by atoms with Gasteiger partial charge in [0.05, 0.1) is 8.80 Å². The maximum absolute atomic E-state index is 2.63. The maximum atomic E-state index is 2.63. The van der Waals surface area contributed by atoms with E-state index in [4.69, 9.17) is 0 Å². The van der Waals surface area contributed by atoms with Gasteiger partial charge in [-0.1, -0.05) is 139 Å². The zero-order chi connectivity index (χ0) is 19.6. The van der Waals surface area contributed by atoms with E-state index in [0.29, 0.717) is 15.1 Å². The third-order valence-electron chi connectivity index (χ3n) is 6.25. The molecule has 0 saturated heterocycles. The molecule has 0 bridgehead atoms. The molecule has 0 N–H and O–H groups in total. The Morgan fingerprint density at radius 2 is 0.680 bits per heavy atom. The standard InChI is InChI=1S/C24H51Si/c1-10-13-16-19-22(4,5)25(23(6,7)20-17-14-11-2)24(8,9)21-18-15-12-3/h10-21H2,1-9H3. The molecule has 0 heterocycles. The first-order valence-corrected chi connectivity index (χ1v) is 12.9. The molecule has 0 atom stereocenters. The van der Waals surface area contributed by atoms with Crippen molar-refractivity contribution in [3.05, 3.63) is 0 Å². The van der Waals surface area contributed by atoms with Gasteiger partial charge < -0.3 is 0 Å². The molecule has 0 aliphatic carbocycles. The van der Waals surface area contributed by atoms with E-state index in [1.54, 1.807) is 0 Å². The Balaban J connectivity index is 5.39. The lowest BCUT2D eigenvalue weighted by Crippen LogP contribution is -2.46. The van der Waals surface area contributed by atoms with Crippen LogP contribution in [-0.4, -0.2) is 8.80 Å². The molecule has 0 amide bonds. The van der Waals surface area contributed by atoms with E-state index in [9.17, 15) is 0 Å². The van der Waals surface area contributed by atoms with Crippen molar-refractivity contribution >= 4 is 8.80 Å². The van der Waals surface area contributed by atoms with Gasteiger partial charge in [0.2, 0.25) is 0 Å². The summed E-state index contributed by atoms with van der Waals surface area (Å²) in [7, 11) is -0.515. The third kappa shape index (κ3) is 9.11. The smallest absolute Gasteiger partial charge is 0.0654 e. The number of hydrogen-bond donors (Lipinski definition) is 0. The first kappa shape index (κ1) is 25.2. The minimum Gasteiger partial charge on any atom is -0.0654 e. The Hall–Kier alpha value is 0.217. The number of unbranched alkanes of at least 4 members (excludes halogenated alkanes) is 6. The van der Waals surface area contributed by atoms with Crippen LogP contribution in [0, 0.1) is 0 Å². The summed E-state index contributed by atoms with van der Waals surface area (Å²) in [6, 6.07) is 0. The Kier molecular flexibility index (Phi) is 11.9. The van der Waals surface area contributed by atoms with Gasteiger partial charge in [0, 0.05) is 0 Å². The molecule has 0 aromatic rings. The molecule has 0 aromatic carbocycles. The fraction of sp³-hybridized carbons (Fsp3) is 1.00. The molecule has 0 saturated carbocycles. The molecule has 0 aliphatic heterocycles. The molecular weight excluding hydrogens is 316 g/mol. The minimum absolute atomic E-state index is 0.515. The van der Waals surface area contributed by atoms with Gasteiger partial charge in [-0.05, 0) is 15.1 Å². The average molecular weight is 368 g/mol. The molecular formula is C24H51Si. The van der Waals surface area contributed by atoms with Crippen LogP contribution in [0.15, 0.2) is 0 Å². The van der Waals surface area contributed by atoms with Crippen molar-refractivity contribution in [3.8, 4) is 0 Å². The highest BCUT2D eigenvalue weighted by Gasteiger charge is 2.49. The van der Waals surface area contributed by atoms with Crippen molar-refractivity contribution in [2.45, 2.75) is 154 Å². The topological polar surface area (TPSA) is 0 Å². The lowest BCUT2D eigenvalue weighted by molar-refractivity contribution is 0.429. The first-order chi connectivity index (χ1) is 11.5. The fourth-order valence-corrected chi connectivity index (χ4v) is 12.4. The Labute approximate surface area is 163 Å². The van der Waals surface area contributed by atoms with E-state index in [0.717, 1.165) is 0 Å². The van der Waals surface area contributed by atoms with Gasteiger partial charge in [-0.25, -0.2) is 0 Å². The molecule has 0 fully saturated rings. The monoisotopic (exact) mass is 367 g/mol. The van der Waals surface area contributed by atoms with Crippen LogP contribution < -0.4 is 0 Å². The molecule has 0 nitrogen and oxygen atoms in total. The van der Waals surface area contributed by atoms with Crippen LogP contribution in [-0.2, 0) is 0 Å². The Morgan fingerprint density at radius 3 is 0.880 bits per heavy atom. The zero-order valence-electron chi connectivity index (χ0n) is 19.5. The number of rotatable bonds is 15. The van der Waals surface area contributed by atoms with Crippen molar-refractivity contribution in [3.63, 3.8) is 0 Å². The predicted octanol–water partition coefficient (Wildman–Crippen LogP) is 9.56. The maximum Gasteiger partial charge on any atom is 0.0661 e. The van der Waals surface area contributed by atoms with Crippen molar-refractivity contribution in [1.29, 1.82) is 0 Å². The molecule has 0 rings (SSSR count). The lowest BCUT2D eigenvalue weighted by Gasteiger charge is -2.52. The minimum atomic E-state index is -0.515. The summed E-state index contributed by atoms with van der Waals surface area (Å²) in [6.07, 6.45) is 16.8. The molecule has 1 heteroatoms. The van der Waals surface area contributed by atoms with Crippen molar-refractivity contribution in [1.82, 2.24) is 0 Å². The van der Waals surface area contributed by atoms with Crippen LogP contribution >= 0.6 is 0 Å². The summed E-state index contributed by atoms with van der Waals surface area (Å²) in [6.45, 7) is 22.8. The van der Waals surface area contributed by atoms with Gasteiger partial charge in [0.15, 0.2) is 0 Å². The second-order valence-electron chi connectivity index (χ2n) is 10.4. The SMILES string of the molecule is CCCCCC(C)(C)[Si](C(C)(C)CCCCC)C(C)(C)CCCCC. The normalized spacial score (nSPS) is 13.7. The van der Waals surface area contributed by atoms with E-state index in [2.05, 4.69) is 62.3 Å². The van der Waals surface area contributed by atoms with Crippen LogP contribution in [0.4, 0.5) is 0 Å². The van der Waals surface area contributed by atoms with Crippen LogP contribution in [0.2, 0.25) is 15.1 Å². The zero-order valence-corrected chi connectivity index (χ0v) is 20.5. The highest BCUT2D eigenvalue weighted by Crippen LogP contribution is 2.59. The Bertz CT molecular complexity index is 275.